The molecule has 17 heavy (non-hydrogen) atoms. The highest BCUT2D eigenvalue weighted by atomic mass is 16.6. The van der Waals surface area contributed by atoms with Crippen molar-refractivity contribution in [2.45, 2.75) is 51.0 Å². The fourth-order valence-electron chi connectivity index (χ4n) is 2.01. The van der Waals surface area contributed by atoms with Crippen molar-refractivity contribution in [3.63, 3.8) is 0 Å². The van der Waals surface area contributed by atoms with Crippen molar-refractivity contribution < 1.29 is 14.3 Å². The molecule has 1 rings (SSSR count). The Hall–Kier alpha value is -1.26. The molecular formula is C12H22N2O3. The predicted octanol–water partition coefficient (Wildman–Crippen LogP) is 1.57. The van der Waals surface area contributed by atoms with Gasteiger partial charge in [-0.3, -0.25) is 4.79 Å². The van der Waals surface area contributed by atoms with Crippen LogP contribution in [-0.2, 0) is 9.53 Å². The van der Waals surface area contributed by atoms with Crippen LogP contribution in [0.1, 0.15) is 44.9 Å². The Kier molecular flexibility index (Phi) is 6.43. The monoisotopic (exact) mass is 242 g/mol. The van der Waals surface area contributed by atoms with E-state index in [-0.39, 0.29) is 18.6 Å². The van der Waals surface area contributed by atoms with E-state index < -0.39 is 6.09 Å². The summed E-state index contributed by atoms with van der Waals surface area (Å²) in [6.45, 7) is -0.213. The summed E-state index contributed by atoms with van der Waals surface area (Å²) >= 11 is 0. The first-order chi connectivity index (χ1) is 8.22. The third-order valence-electron chi connectivity index (χ3n) is 3.04. The van der Waals surface area contributed by atoms with Crippen molar-refractivity contribution in [1.29, 1.82) is 0 Å². The average molecular weight is 242 g/mol. The largest absolute Gasteiger partial charge is 0.439 e. The van der Waals surface area contributed by atoms with Crippen LogP contribution < -0.4 is 10.6 Å². The van der Waals surface area contributed by atoms with Gasteiger partial charge in [-0.1, -0.05) is 32.1 Å². The third kappa shape index (κ3) is 6.14. The summed E-state index contributed by atoms with van der Waals surface area (Å²) in [5.74, 6) is -0.294. The zero-order chi connectivity index (χ0) is 12.5. The van der Waals surface area contributed by atoms with Crippen LogP contribution in [0.5, 0.6) is 0 Å². The summed E-state index contributed by atoms with van der Waals surface area (Å²) in [6, 6.07) is 0.201. The lowest BCUT2D eigenvalue weighted by atomic mass is 9.97. The molecular weight excluding hydrogens is 220 g/mol. The summed E-state index contributed by atoms with van der Waals surface area (Å²) < 4.78 is 4.81. The molecule has 0 aromatic heterocycles. The SMILES string of the molecule is CNC(=O)COC(=O)NC1CCCCCCC1. The number of carbonyl (C=O) groups is 2. The minimum Gasteiger partial charge on any atom is -0.439 e. The third-order valence-corrected chi connectivity index (χ3v) is 3.04. The van der Waals surface area contributed by atoms with Gasteiger partial charge in [-0.15, -0.1) is 0 Å². The lowest BCUT2D eigenvalue weighted by Gasteiger charge is -2.20. The predicted molar refractivity (Wildman–Crippen MR) is 64.7 cm³/mol. The first kappa shape index (κ1) is 13.8. The van der Waals surface area contributed by atoms with E-state index in [0.717, 1.165) is 25.7 Å². The summed E-state index contributed by atoms with van der Waals surface area (Å²) in [4.78, 5) is 22.3. The number of nitrogens with one attached hydrogen (secondary N) is 2. The minimum atomic E-state index is -0.487. The molecule has 0 aromatic rings. The number of ether oxygens (including phenoxy) is 1. The molecule has 1 aliphatic rings. The van der Waals surface area contributed by atoms with E-state index >= 15 is 0 Å². The molecule has 1 saturated carbocycles. The first-order valence-corrected chi connectivity index (χ1v) is 6.36. The molecule has 1 aliphatic carbocycles. The van der Waals surface area contributed by atoms with E-state index in [4.69, 9.17) is 4.74 Å². The van der Waals surface area contributed by atoms with E-state index in [2.05, 4.69) is 10.6 Å². The molecule has 0 heterocycles. The number of hydrogen-bond donors (Lipinski definition) is 2. The lowest BCUT2D eigenvalue weighted by molar-refractivity contribution is -0.123. The van der Waals surface area contributed by atoms with Gasteiger partial charge in [0.25, 0.3) is 5.91 Å². The fraction of sp³-hybridized carbons (Fsp3) is 0.833. The Morgan fingerprint density at radius 3 is 2.29 bits per heavy atom. The van der Waals surface area contributed by atoms with Crippen LogP contribution in [0.3, 0.4) is 0 Å². The molecule has 0 aliphatic heterocycles. The average Bonchev–Trinajstić information content (AvgIpc) is 2.29. The molecule has 0 unspecified atom stereocenters. The summed E-state index contributed by atoms with van der Waals surface area (Å²) in [7, 11) is 1.51. The zero-order valence-corrected chi connectivity index (χ0v) is 10.5. The smallest absolute Gasteiger partial charge is 0.407 e. The highest BCUT2D eigenvalue weighted by Gasteiger charge is 2.15. The van der Waals surface area contributed by atoms with Gasteiger partial charge in [-0.05, 0) is 12.8 Å². The Morgan fingerprint density at radius 1 is 1.12 bits per heavy atom. The number of carbonyl (C=O) groups excluding carboxylic acids is 2. The molecule has 0 bridgehead atoms. The second-order valence-electron chi connectivity index (χ2n) is 4.44. The molecule has 5 nitrogen and oxygen atoms in total. The van der Waals surface area contributed by atoms with Gasteiger partial charge in [0.15, 0.2) is 6.61 Å². The van der Waals surface area contributed by atoms with Crippen molar-refractivity contribution in [3.8, 4) is 0 Å². The maximum absolute atomic E-state index is 11.4. The summed E-state index contributed by atoms with van der Waals surface area (Å²) in [6.07, 6.45) is 7.62. The van der Waals surface area contributed by atoms with Crippen molar-refractivity contribution >= 4 is 12.0 Å². The summed E-state index contributed by atoms with van der Waals surface area (Å²) in [5, 5.41) is 5.22. The quantitative estimate of drug-likeness (QED) is 0.789. The Labute approximate surface area is 102 Å². The molecule has 0 radical (unpaired) electrons. The molecule has 0 atom stereocenters. The van der Waals surface area contributed by atoms with Crippen molar-refractivity contribution in [1.82, 2.24) is 10.6 Å². The maximum Gasteiger partial charge on any atom is 0.407 e. The molecule has 2 N–H and O–H groups in total. The number of likely N-dealkylation sites (N-methyl/N-ethyl adjacent to an activating group) is 1. The van der Waals surface area contributed by atoms with Gasteiger partial charge in [-0.2, -0.15) is 0 Å². The van der Waals surface area contributed by atoms with Gasteiger partial charge in [0, 0.05) is 13.1 Å². The van der Waals surface area contributed by atoms with Gasteiger partial charge in [0.1, 0.15) is 0 Å². The fourth-order valence-corrected chi connectivity index (χ4v) is 2.01. The molecule has 0 saturated heterocycles. The van der Waals surface area contributed by atoms with Crippen molar-refractivity contribution in [3.05, 3.63) is 0 Å². The molecule has 0 spiro atoms. The maximum atomic E-state index is 11.4. The highest BCUT2D eigenvalue weighted by Crippen LogP contribution is 2.17. The summed E-state index contributed by atoms with van der Waals surface area (Å²) in [5.41, 5.74) is 0. The van der Waals surface area contributed by atoms with Gasteiger partial charge in [0.2, 0.25) is 0 Å². The Balaban J connectivity index is 2.21. The van der Waals surface area contributed by atoms with Gasteiger partial charge in [0.05, 0.1) is 0 Å². The van der Waals surface area contributed by atoms with Crippen molar-refractivity contribution in [2.24, 2.45) is 0 Å². The van der Waals surface area contributed by atoms with Crippen LogP contribution in [0.2, 0.25) is 0 Å². The van der Waals surface area contributed by atoms with Crippen LogP contribution >= 0.6 is 0 Å². The minimum absolute atomic E-state index is 0.201. The number of amides is 2. The standard InChI is InChI=1S/C12H22N2O3/c1-13-11(15)9-17-12(16)14-10-7-5-3-2-4-6-8-10/h10H,2-9H2,1H3,(H,13,15)(H,14,16). The molecule has 1 fully saturated rings. The normalized spacial score (nSPS) is 17.7. The number of alkyl carbamates (subject to hydrolysis) is 1. The lowest BCUT2D eigenvalue weighted by Crippen LogP contribution is -2.37. The number of hydrogen-bond acceptors (Lipinski definition) is 3. The van der Waals surface area contributed by atoms with Gasteiger partial charge < -0.3 is 15.4 Å². The first-order valence-electron chi connectivity index (χ1n) is 6.36. The van der Waals surface area contributed by atoms with Crippen LogP contribution in [0, 0.1) is 0 Å². The van der Waals surface area contributed by atoms with Crippen molar-refractivity contribution in [2.75, 3.05) is 13.7 Å². The van der Waals surface area contributed by atoms with Crippen LogP contribution in [0.15, 0.2) is 0 Å². The second-order valence-corrected chi connectivity index (χ2v) is 4.44. The molecule has 2 amide bonds. The highest BCUT2D eigenvalue weighted by molar-refractivity contribution is 5.79. The van der Waals surface area contributed by atoms with E-state index in [1.165, 1.54) is 26.3 Å². The van der Waals surface area contributed by atoms with E-state index in [1.807, 2.05) is 0 Å². The van der Waals surface area contributed by atoms with Crippen LogP contribution in [0.25, 0.3) is 0 Å². The van der Waals surface area contributed by atoms with Crippen LogP contribution in [0.4, 0.5) is 4.79 Å². The van der Waals surface area contributed by atoms with Gasteiger partial charge in [-0.25, -0.2) is 4.79 Å². The topological polar surface area (TPSA) is 67.4 Å². The Morgan fingerprint density at radius 2 is 1.71 bits per heavy atom. The van der Waals surface area contributed by atoms with Gasteiger partial charge >= 0.3 is 6.09 Å². The molecule has 5 heteroatoms. The van der Waals surface area contributed by atoms with E-state index in [1.54, 1.807) is 0 Å². The van der Waals surface area contributed by atoms with E-state index in [0.29, 0.717) is 0 Å². The molecule has 98 valence electrons. The Bertz CT molecular complexity index is 248. The van der Waals surface area contributed by atoms with E-state index in [9.17, 15) is 9.59 Å². The van der Waals surface area contributed by atoms with Crippen LogP contribution in [-0.4, -0.2) is 31.7 Å². The second kappa shape index (κ2) is 7.92. The molecule has 0 aromatic carbocycles. The zero-order valence-electron chi connectivity index (χ0n) is 10.5. The number of rotatable bonds is 3.